The SMILES string of the molecule is C[C@@H]1CCCC[C@@]12NC(=O)N(CC(=O)Nc1cc(Cl)cc(Cl)c1)C2=O. The predicted octanol–water partition coefficient (Wildman–Crippen LogP) is 3.43. The minimum absolute atomic E-state index is 0.0532. The summed E-state index contributed by atoms with van der Waals surface area (Å²) >= 11 is 11.8. The van der Waals surface area contributed by atoms with Crippen molar-refractivity contribution in [3.63, 3.8) is 0 Å². The molecule has 4 amide bonds. The number of imide groups is 1. The lowest BCUT2D eigenvalue weighted by atomic mass is 9.73. The molecule has 1 saturated heterocycles. The van der Waals surface area contributed by atoms with Crippen LogP contribution in [0.5, 0.6) is 0 Å². The van der Waals surface area contributed by atoms with Crippen molar-refractivity contribution in [3.8, 4) is 0 Å². The Morgan fingerprint density at radius 1 is 1.28 bits per heavy atom. The third kappa shape index (κ3) is 3.46. The van der Waals surface area contributed by atoms with Crippen LogP contribution >= 0.6 is 23.2 Å². The zero-order chi connectivity index (χ0) is 18.2. The van der Waals surface area contributed by atoms with Crippen molar-refractivity contribution in [1.29, 1.82) is 0 Å². The number of carbonyl (C=O) groups excluding carboxylic acids is 3. The van der Waals surface area contributed by atoms with Gasteiger partial charge < -0.3 is 10.6 Å². The molecule has 1 aromatic carbocycles. The van der Waals surface area contributed by atoms with Crippen LogP contribution in [0.15, 0.2) is 18.2 Å². The summed E-state index contributed by atoms with van der Waals surface area (Å²) in [6, 6.07) is 4.12. The lowest BCUT2D eigenvalue weighted by Gasteiger charge is -2.36. The normalized spacial score (nSPS) is 26.0. The second-order valence-electron chi connectivity index (χ2n) is 6.65. The molecular formula is C17H19Cl2N3O3. The first-order valence-electron chi connectivity index (χ1n) is 8.22. The summed E-state index contributed by atoms with van der Waals surface area (Å²) in [5, 5.41) is 6.20. The highest BCUT2D eigenvalue weighted by Gasteiger charge is 2.55. The monoisotopic (exact) mass is 383 g/mol. The van der Waals surface area contributed by atoms with E-state index in [1.807, 2.05) is 6.92 Å². The van der Waals surface area contributed by atoms with Gasteiger partial charge in [-0.15, -0.1) is 0 Å². The Balaban J connectivity index is 1.71. The fourth-order valence-electron chi connectivity index (χ4n) is 3.61. The molecule has 25 heavy (non-hydrogen) atoms. The van der Waals surface area contributed by atoms with Crippen molar-refractivity contribution in [2.45, 2.75) is 38.1 Å². The predicted molar refractivity (Wildman–Crippen MR) is 95.7 cm³/mol. The number of halogens is 2. The van der Waals surface area contributed by atoms with Crippen LogP contribution in [0.25, 0.3) is 0 Å². The summed E-state index contributed by atoms with van der Waals surface area (Å²) in [6.45, 7) is 1.62. The molecule has 0 radical (unpaired) electrons. The van der Waals surface area contributed by atoms with Crippen LogP contribution in [-0.4, -0.2) is 34.8 Å². The molecule has 1 aliphatic heterocycles. The Kier molecular flexibility index (Phi) is 4.93. The van der Waals surface area contributed by atoms with E-state index in [0.29, 0.717) is 22.2 Å². The number of hydrogen-bond acceptors (Lipinski definition) is 3. The van der Waals surface area contributed by atoms with E-state index < -0.39 is 17.5 Å². The maximum atomic E-state index is 12.8. The summed E-state index contributed by atoms with van der Waals surface area (Å²) < 4.78 is 0. The molecule has 3 rings (SSSR count). The van der Waals surface area contributed by atoms with E-state index in [4.69, 9.17) is 23.2 Å². The number of benzene rings is 1. The van der Waals surface area contributed by atoms with E-state index in [1.165, 1.54) is 0 Å². The quantitative estimate of drug-likeness (QED) is 0.784. The van der Waals surface area contributed by atoms with E-state index in [1.54, 1.807) is 18.2 Å². The second kappa shape index (κ2) is 6.84. The minimum Gasteiger partial charge on any atom is -0.324 e. The number of nitrogens with one attached hydrogen (secondary N) is 2. The van der Waals surface area contributed by atoms with Gasteiger partial charge in [-0.3, -0.25) is 14.5 Å². The van der Waals surface area contributed by atoms with E-state index in [9.17, 15) is 14.4 Å². The number of hydrogen-bond donors (Lipinski definition) is 2. The van der Waals surface area contributed by atoms with Gasteiger partial charge in [0.25, 0.3) is 5.91 Å². The van der Waals surface area contributed by atoms with Crippen LogP contribution in [-0.2, 0) is 9.59 Å². The Hall–Kier alpha value is -1.79. The smallest absolute Gasteiger partial charge is 0.324 e. The summed E-state index contributed by atoms with van der Waals surface area (Å²) in [7, 11) is 0. The van der Waals surface area contributed by atoms with Crippen molar-refractivity contribution >= 4 is 46.7 Å². The van der Waals surface area contributed by atoms with Crippen molar-refractivity contribution in [3.05, 3.63) is 28.2 Å². The molecule has 0 aromatic heterocycles. The van der Waals surface area contributed by atoms with Gasteiger partial charge in [-0.2, -0.15) is 0 Å². The highest BCUT2D eigenvalue weighted by Crippen LogP contribution is 2.38. The molecule has 1 spiro atoms. The van der Waals surface area contributed by atoms with Gasteiger partial charge in [0.2, 0.25) is 5.91 Å². The maximum absolute atomic E-state index is 12.8. The summed E-state index contributed by atoms with van der Waals surface area (Å²) in [6.07, 6.45) is 3.42. The van der Waals surface area contributed by atoms with Crippen LogP contribution in [0.2, 0.25) is 10.0 Å². The molecule has 6 nitrogen and oxygen atoms in total. The first-order chi connectivity index (χ1) is 11.8. The molecule has 0 unspecified atom stereocenters. The highest BCUT2D eigenvalue weighted by atomic mass is 35.5. The van der Waals surface area contributed by atoms with Crippen LogP contribution in [0.3, 0.4) is 0 Å². The molecule has 2 atom stereocenters. The number of urea groups is 1. The largest absolute Gasteiger partial charge is 0.325 e. The lowest BCUT2D eigenvalue weighted by molar-refractivity contribution is -0.136. The topological polar surface area (TPSA) is 78.5 Å². The van der Waals surface area contributed by atoms with Gasteiger partial charge in [0.1, 0.15) is 12.1 Å². The van der Waals surface area contributed by atoms with Crippen molar-refractivity contribution < 1.29 is 14.4 Å². The number of amides is 4. The third-order valence-electron chi connectivity index (χ3n) is 4.95. The van der Waals surface area contributed by atoms with Crippen LogP contribution < -0.4 is 10.6 Å². The van der Waals surface area contributed by atoms with Crippen LogP contribution in [0.4, 0.5) is 10.5 Å². The highest BCUT2D eigenvalue weighted by molar-refractivity contribution is 6.35. The summed E-state index contributed by atoms with van der Waals surface area (Å²) in [4.78, 5) is 38.3. The molecule has 1 aliphatic carbocycles. The van der Waals surface area contributed by atoms with Crippen molar-refractivity contribution in [1.82, 2.24) is 10.2 Å². The third-order valence-corrected chi connectivity index (χ3v) is 5.39. The van der Waals surface area contributed by atoms with Gasteiger partial charge in [-0.1, -0.05) is 43.0 Å². The van der Waals surface area contributed by atoms with Crippen molar-refractivity contribution in [2.75, 3.05) is 11.9 Å². The van der Waals surface area contributed by atoms with Gasteiger partial charge >= 0.3 is 6.03 Å². The Labute approximate surface area is 155 Å². The van der Waals surface area contributed by atoms with Gasteiger partial charge in [-0.25, -0.2) is 4.79 Å². The van der Waals surface area contributed by atoms with Gasteiger partial charge in [0.15, 0.2) is 0 Å². The summed E-state index contributed by atoms with van der Waals surface area (Å²) in [5.41, 5.74) is -0.454. The minimum atomic E-state index is -0.866. The maximum Gasteiger partial charge on any atom is 0.325 e. The Morgan fingerprint density at radius 2 is 1.96 bits per heavy atom. The van der Waals surface area contributed by atoms with Crippen molar-refractivity contribution in [2.24, 2.45) is 5.92 Å². The van der Waals surface area contributed by atoms with Crippen LogP contribution in [0, 0.1) is 5.92 Å². The second-order valence-corrected chi connectivity index (χ2v) is 7.52. The molecule has 134 valence electrons. The number of rotatable bonds is 3. The molecule has 8 heteroatoms. The first-order valence-corrected chi connectivity index (χ1v) is 8.97. The van der Waals surface area contributed by atoms with Gasteiger partial charge in [0, 0.05) is 15.7 Å². The molecule has 1 heterocycles. The zero-order valence-electron chi connectivity index (χ0n) is 13.8. The first kappa shape index (κ1) is 18.0. The standard InChI is InChI=1S/C17H19Cl2N3O3/c1-10-4-2-3-5-17(10)15(24)22(16(25)21-17)9-14(23)20-13-7-11(18)6-12(19)8-13/h6-8,10H,2-5,9H2,1H3,(H,20,23)(H,21,25)/t10-,17-/m1/s1. The van der Waals surface area contributed by atoms with E-state index in [0.717, 1.165) is 24.2 Å². The molecule has 0 bridgehead atoms. The molecule has 2 fully saturated rings. The fourth-order valence-corrected chi connectivity index (χ4v) is 4.14. The lowest BCUT2D eigenvalue weighted by Crippen LogP contribution is -2.54. The molecule has 2 N–H and O–H groups in total. The number of carbonyl (C=O) groups is 3. The fraction of sp³-hybridized carbons (Fsp3) is 0.471. The molecule has 1 aromatic rings. The van der Waals surface area contributed by atoms with Crippen LogP contribution in [0.1, 0.15) is 32.6 Å². The average molecular weight is 384 g/mol. The van der Waals surface area contributed by atoms with Gasteiger partial charge in [0.05, 0.1) is 0 Å². The Bertz CT molecular complexity index is 720. The average Bonchev–Trinajstić information content (AvgIpc) is 2.74. The number of anilines is 1. The van der Waals surface area contributed by atoms with E-state index >= 15 is 0 Å². The molecular weight excluding hydrogens is 365 g/mol. The van der Waals surface area contributed by atoms with E-state index in [-0.39, 0.29) is 18.4 Å². The molecule has 1 saturated carbocycles. The zero-order valence-corrected chi connectivity index (χ0v) is 15.3. The summed E-state index contributed by atoms with van der Waals surface area (Å²) in [5.74, 6) is -0.746. The van der Waals surface area contributed by atoms with E-state index in [2.05, 4.69) is 10.6 Å². The Morgan fingerprint density at radius 3 is 2.60 bits per heavy atom. The molecule has 2 aliphatic rings. The number of nitrogens with zero attached hydrogens (tertiary/aromatic N) is 1. The van der Waals surface area contributed by atoms with Gasteiger partial charge in [-0.05, 0) is 37.0 Å².